The van der Waals surface area contributed by atoms with Gasteiger partial charge in [0.05, 0.1) is 11.1 Å². The Morgan fingerprint density at radius 1 is 0.755 bits per heavy atom. The number of ether oxygens (including phenoxy) is 2. The van der Waals surface area contributed by atoms with Crippen LogP contribution in [0.3, 0.4) is 0 Å². The number of nitrogens with zero attached hydrogens (tertiary/aromatic N) is 5. The number of aliphatic hydroxyl groups excluding tert-OH is 1. The molecule has 262 valence electrons. The topological polar surface area (TPSA) is 110 Å². The summed E-state index contributed by atoms with van der Waals surface area (Å²) in [6.45, 7) is 12.7. The van der Waals surface area contributed by atoms with Crippen LogP contribution in [0.1, 0.15) is 71.9 Å². The first-order valence-electron chi connectivity index (χ1n) is 16.6. The van der Waals surface area contributed by atoms with Crippen molar-refractivity contribution in [1.82, 2.24) is 24.6 Å². The molecule has 12 heteroatoms. The lowest BCUT2D eigenvalue weighted by Gasteiger charge is -2.29. The number of aliphatic hydroxyl groups is 1. The number of benzene rings is 2. The lowest BCUT2D eigenvalue weighted by atomic mass is 9.97. The van der Waals surface area contributed by atoms with E-state index in [1.807, 2.05) is 53.7 Å². The van der Waals surface area contributed by atoms with Gasteiger partial charge in [-0.3, -0.25) is 0 Å². The van der Waals surface area contributed by atoms with Gasteiger partial charge in [0.25, 0.3) is 0 Å². The highest BCUT2D eigenvalue weighted by atomic mass is 19.1. The van der Waals surface area contributed by atoms with Gasteiger partial charge < -0.3 is 28.9 Å². The van der Waals surface area contributed by atoms with Gasteiger partial charge in [-0.1, -0.05) is 24.3 Å². The van der Waals surface area contributed by atoms with Crippen molar-refractivity contribution in [3.05, 3.63) is 71.3 Å². The SMILES string of the molecule is CC(C)(C)OC(=O)N1CC=C(c2ccc(-c3nnc(-c4ccc(C5=CCN(C(=O)OC(C)(C)C)CC5)cc4F)n3CCCO)c(F)c2)CC1. The van der Waals surface area contributed by atoms with Crippen LogP contribution in [0.25, 0.3) is 33.9 Å². The van der Waals surface area contributed by atoms with Crippen LogP contribution in [0, 0.1) is 11.6 Å². The van der Waals surface area contributed by atoms with Gasteiger partial charge in [0.1, 0.15) is 22.8 Å². The Morgan fingerprint density at radius 2 is 1.18 bits per heavy atom. The minimum atomic E-state index is -0.589. The van der Waals surface area contributed by atoms with Crippen LogP contribution < -0.4 is 0 Å². The van der Waals surface area contributed by atoms with Crippen LogP contribution in [-0.2, 0) is 16.0 Å². The number of carbonyl (C=O) groups excluding carboxylic acids is 2. The van der Waals surface area contributed by atoms with Gasteiger partial charge >= 0.3 is 12.2 Å². The molecule has 1 N–H and O–H groups in total. The largest absolute Gasteiger partial charge is 0.444 e. The molecule has 0 radical (unpaired) electrons. The highest BCUT2D eigenvalue weighted by Crippen LogP contribution is 2.33. The third-order valence-corrected chi connectivity index (χ3v) is 8.17. The highest BCUT2D eigenvalue weighted by molar-refractivity contribution is 5.76. The molecule has 49 heavy (non-hydrogen) atoms. The summed E-state index contributed by atoms with van der Waals surface area (Å²) in [7, 11) is 0. The summed E-state index contributed by atoms with van der Waals surface area (Å²) >= 11 is 0. The second-order valence-corrected chi connectivity index (χ2v) is 14.3. The molecule has 1 aromatic heterocycles. The van der Waals surface area contributed by atoms with E-state index in [1.54, 1.807) is 38.6 Å². The summed E-state index contributed by atoms with van der Waals surface area (Å²) in [5, 5.41) is 18.1. The van der Waals surface area contributed by atoms with Gasteiger partial charge in [0.2, 0.25) is 0 Å². The normalized spacial score (nSPS) is 15.5. The first-order valence-corrected chi connectivity index (χ1v) is 16.6. The molecule has 0 unspecified atom stereocenters. The van der Waals surface area contributed by atoms with Gasteiger partial charge in [-0.05, 0) is 107 Å². The third-order valence-electron chi connectivity index (χ3n) is 8.17. The Bertz CT molecular complexity index is 1650. The van der Waals surface area contributed by atoms with Crippen LogP contribution in [0.2, 0.25) is 0 Å². The molecule has 3 heterocycles. The van der Waals surface area contributed by atoms with E-state index < -0.39 is 22.8 Å². The maximum Gasteiger partial charge on any atom is 0.410 e. The average molecular weight is 678 g/mol. The van der Waals surface area contributed by atoms with E-state index >= 15 is 8.78 Å². The predicted octanol–water partition coefficient (Wildman–Crippen LogP) is 7.32. The van der Waals surface area contributed by atoms with Crippen LogP contribution in [0.4, 0.5) is 18.4 Å². The number of halogens is 2. The molecule has 2 aromatic carbocycles. The number of hydrogen-bond donors (Lipinski definition) is 1. The van der Waals surface area contributed by atoms with Gasteiger partial charge in [-0.15, -0.1) is 10.2 Å². The first kappa shape index (κ1) is 35.7. The molecule has 2 aliphatic heterocycles. The van der Waals surface area contributed by atoms with Crippen molar-refractivity contribution in [2.24, 2.45) is 0 Å². The van der Waals surface area contributed by atoms with Crippen molar-refractivity contribution >= 4 is 23.3 Å². The van der Waals surface area contributed by atoms with Crippen molar-refractivity contribution in [3.63, 3.8) is 0 Å². The predicted molar refractivity (Wildman–Crippen MR) is 183 cm³/mol. The first-order chi connectivity index (χ1) is 23.1. The molecule has 3 aromatic rings. The molecular weight excluding hydrogens is 632 g/mol. The fourth-order valence-electron chi connectivity index (χ4n) is 5.78. The fourth-order valence-corrected chi connectivity index (χ4v) is 5.78. The van der Waals surface area contributed by atoms with E-state index in [0.29, 0.717) is 56.6 Å². The van der Waals surface area contributed by atoms with Crippen LogP contribution in [0.5, 0.6) is 0 Å². The molecule has 0 spiro atoms. The standard InChI is InChI=1S/C37H45F2N5O5/c1-36(2,3)48-34(46)42-17-12-24(13-18-42)26-8-10-28(30(38)22-26)32-40-41-33(44(32)16-7-21-45)29-11-9-27(23-31(29)39)25-14-19-43(20-15-25)35(47)49-37(4,5)6/h8-12,14,22-23,45H,7,13,15-21H2,1-6H3. The van der Waals surface area contributed by atoms with Crippen LogP contribution in [0.15, 0.2) is 48.6 Å². The molecule has 0 bridgehead atoms. The minimum Gasteiger partial charge on any atom is -0.444 e. The number of aromatic nitrogens is 3. The number of carbonyl (C=O) groups is 2. The average Bonchev–Trinajstić information content (AvgIpc) is 3.45. The smallest absolute Gasteiger partial charge is 0.410 e. The summed E-state index contributed by atoms with van der Waals surface area (Å²) in [5.74, 6) is -0.584. The van der Waals surface area contributed by atoms with Crippen LogP contribution >= 0.6 is 0 Å². The Hall–Kier alpha value is -4.58. The molecule has 2 aliphatic rings. The molecule has 0 aliphatic carbocycles. The Labute approximate surface area is 286 Å². The van der Waals surface area contributed by atoms with Gasteiger partial charge in [-0.25, -0.2) is 18.4 Å². The molecule has 0 atom stereocenters. The molecular formula is C37H45F2N5O5. The molecule has 0 saturated carbocycles. The van der Waals surface area contributed by atoms with Crippen molar-refractivity contribution in [2.75, 3.05) is 32.8 Å². The zero-order valence-electron chi connectivity index (χ0n) is 29.1. The van der Waals surface area contributed by atoms with Crippen molar-refractivity contribution < 1.29 is 33.0 Å². The van der Waals surface area contributed by atoms with Gasteiger partial charge in [0.15, 0.2) is 11.6 Å². The maximum atomic E-state index is 15.7. The lowest BCUT2D eigenvalue weighted by molar-refractivity contribution is 0.0260. The monoisotopic (exact) mass is 677 g/mol. The second-order valence-electron chi connectivity index (χ2n) is 14.3. The van der Waals surface area contributed by atoms with E-state index in [2.05, 4.69) is 10.2 Å². The quantitative estimate of drug-likeness (QED) is 0.279. The summed E-state index contributed by atoms with van der Waals surface area (Å²) in [5.41, 5.74) is 2.44. The number of hydrogen-bond acceptors (Lipinski definition) is 7. The van der Waals surface area contributed by atoms with Crippen molar-refractivity contribution in [2.45, 2.75) is 78.6 Å². The Morgan fingerprint density at radius 3 is 1.51 bits per heavy atom. The molecule has 10 nitrogen and oxygen atoms in total. The highest BCUT2D eigenvalue weighted by Gasteiger charge is 2.27. The fraction of sp³-hybridized carbons (Fsp3) is 0.459. The van der Waals surface area contributed by atoms with E-state index in [1.165, 1.54) is 12.1 Å². The second kappa shape index (κ2) is 14.5. The molecule has 0 fully saturated rings. The van der Waals surface area contributed by atoms with Crippen LogP contribution in [-0.4, -0.2) is 85.8 Å². The summed E-state index contributed by atoms with van der Waals surface area (Å²) < 4.78 is 44.0. The minimum absolute atomic E-state index is 0.122. The number of rotatable bonds is 7. The zero-order chi connectivity index (χ0) is 35.5. The van der Waals surface area contributed by atoms with E-state index in [-0.39, 0.29) is 48.1 Å². The van der Waals surface area contributed by atoms with E-state index in [0.717, 1.165) is 11.1 Å². The number of amides is 2. The third kappa shape index (κ3) is 8.72. The Balaban J connectivity index is 1.35. The Kier molecular flexibility index (Phi) is 10.6. The van der Waals surface area contributed by atoms with E-state index in [9.17, 15) is 14.7 Å². The lowest BCUT2D eigenvalue weighted by Crippen LogP contribution is -2.39. The summed E-state index contributed by atoms with van der Waals surface area (Å²) in [4.78, 5) is 28.1. The van der Waals surface area contributed by atoms with Gasteiger partial charge in [0, 0.05) is 39.3 Å². The zero-order valence-corrected chi connectivity index (χ0v) is 29.1. The van der Waals surface area contributed by atoms with Gasteiger partial charge in [-0.2, -0.15) is 0 Å². The molecule has 0 saturated heterocycles. The summed E-state index contributed by atoms with van der Waals surface area (Å²) in [6.07, 6.45) is 4.45. The maximum absolute atomic E-state index is 15.7. The molecule has 5 rings (SSSR count). The van der Waals surface area contributed by atoms with Crippen molar-refractivity contribution in [3.8, 4) is 22.8 Å². The summed E-state index contributed by atoms with van der Waals surface area (Å²) in [6, 6.07) is 9.73. The van der Waals surface area contributed by atoms with E-state index in [4.69, 9.17) is 9.47 Å². The molecule has 2 amide bonds. The van der Waals surface area contributed by atoms with Crippen molar-refractivity contribution in [1.29, 1.82) is 0 Å².